The maximum absolute atomic E-state index is 6.20. The van der Waals surface area contributed by atoms with Crippen molar-refractivity contribution in [3.05, 3.63) is 59.2 Å². The van der Waals surface area contributed by atoms with Gasteiger partial charge in [0.1, 0.15) is 30.3 Å². The van der Waals surface area contributed by atoms with E-state index in [1.54, 1.807) is 0 Å². The van der Waals surface area contributed by atoms with Gasteiger partial charge in [-0.15, -0.1) is 0 Å². The molecule has 0 spiro atoms. The molecule has 2 aromatic rings. The van der Waals surface area contributed by atoms with Crippen molar-refractivity contribution in [2.24, 2.45) is 0 Å². The number of rotatable bonds is 10. The molecule has 0 bridgehead atoms. The van der Waals surface area contributed by atoms with Crippen LogP contribution in [0.25, 0.3) is 0 Å². The summed E-state index contributed by atoms with van der Waals surface area (Å²) < 4.78 is 18.2. The van der Waals surface area contributed by atoms with E-state index in [0.29, 0.717) is 6.61 Å². The van der Waals surface area contributed by atoms with Crippen LogP contribution in [-0.4, -0.2) is 68.4 Å². The Balaban J connectivity index is 1.20. The van der Waals surface area contributed by atoms with Crippen LogP contribution in [0, 0.1) is 13.8 Å². The largest absolute Gasteiger partial charge is 0.492 e. The van der Waals surface area contributed by atoms with Gasteiger partial charge in [-0.2, -0.15) is 0 Å². The minimum absolute atomic E-state index is 0.208. The number of nitrogens with zero attached hydrogens (tertiary/aromatic N) is 2. The second-order valence-electron chi connectivity index (χ2n) is 10.1. The fourth-order valence-electron chi connectivity index (χ4n) is 5.12. The maximum atomic E-state index is 6.20. The maximum Gasteiger partial charge on any atom is 0.122 e. The van der Waals surface area contributed by atoms with E-state index in [2.05, 4.69) is 66.1 Å². The van der Waals surface area contributed by atoms with Gasteiger partial charge < -0.3 is 14.2 Å². The molecule has 4 rings (SSSR count). The molecule has 0 aromatic heterocycles. The van der Waals surface area contributed by atoms with Crippen molar-refractivity contribution in [1.82, 2.24) is 9.80 Å². The molecule has 0 unspecified atom stereocenters. The normalized spacial score (nSPS) is 19.1. The summed E-state index contributed by atoms with van der Waals surface area (Å²) in [5.74, 6) is 1.93. The predicted octanol–water partition coefficient (Wildman–Crippen LogP) is 5.23. The fourth-order valence-corrected chi connectivity index (χ4v) is 5.12. The van der Waals surface area contributed by atoms with Crippen LogP contribution < -0.4 is 9.47 Å². The van der Waals surface area contributed by atoms with Gasteiger partial charge in [-0.05, 0) is 81.9 Å². The zero-order valence-electron chi connectivity index (χ0n) is 21.4. The van der Waals surface area contributed by atoms with Gasteiger partial charge in [0.05, 0.1) is 0 Å². The number of benzene rings is 2. The second kappa shape index (κ2) is 12.1. The molecule has 186 valence electrons. The van der Waals surface area contributed by atoms with Crippen LogP contribution in [0.4, 0.5) is 0 Å². The van der Waals surface area contributed by atoms with E-state index in [1.165, 1.54) is 49.0 Å². The van der Waals surface area contributed by atoms with E-state index >= 15 is 0 Å². The molecule has 0 amide bonds. The molecule has 2 heterocycles. The van der Waals surface area contributed by atoms with Gasteiger partial charge in [0.15, 0.2) is 0 Å². The number of aryl methyl sites for hydroxylation is 2. The van der Waals surface area contributed by atoms with Crippen LogP contribution >= 0.6 is 0 Å². The number of methoxy groups -OCH3 is 1. The Hall–Kier alpha value is -2.08. The van der Waals surface area contributed by atoms with Crippen molar-refractivity contribution in [2.45, 2.75) is 58.1 Å². The minimum atomic E-state index is -0.208. The van der Waals surface area contributed by atoms with Crippen molar-refractivity contribution in [1.29, 1.82) is 0 Å². The van der Waals surface area contributed by atoms with Crippen LogP contribution in [-0.2, 0) is 11.3 Å². The van der Waals surface area contributed by atoms with Gasteiger partial charge in [0.25, 0.3) is 0 Å². The monoisotopic (exact) mass is 466 g/mol. The van der Waals surface area contributed by atoms with Gasteiger partial charge in [-0.1, -0.05) is 36.2 Å². The molecule has 0 atom stereocenters. The highest BCUT2D eigenvalue weighted by Gasteiger charge is 2.35. The minimum Gasteiger partial charge on any atom is -0.492 e. The molecule has 0 aliphatic carbocycles. The smallest absolute Gasteiger partial charge is 0.122 e. The van der Waals surface area contributed by atoms with E-state index < -0.39 is 0 Å². The molecule has 2 fully saturated rings. The van der Waals surface area contributed by atoms with Crippen molar-refractivity contribution < 1.29 is 14.2 Å². The number of ether oxygens (including phenoxy) is 3. The molecule has 2 saturated heterocycles. The summed E-state index contributed by atoms with van der Waals surface area (Å²) in [6.45, 7) is 12.1. The van der Waals surface area contributed by atoms with Gasteiger partial charge in [0.2, 0.25) is 0 Å². The fraction of sp³-hybridized carbons (Fsp3) is 0.586. The van der Waals surface area contributed by atoms with Crippen LogP contribution in [0.1, 0.15) is 48.8 Å². The van der Waals surface area contributed by atoms with Gasteiger partial charge >= 0.3 is 0 Å². The first-order valence-electron chi connectivity index (χ1n) is 13.0. The lowest BCUT2D eigenvalue weighted by Gasteiger charge is -2.40. The topological polar surface area (TPSA) is 34.2 Å². The van der Waals surface area contributed by atoms with E-state index in [1.807, 2.05) is 7.11 Å². The predicted molar refractivity (Wildman–Crippen MR) is 138 cm³/mol. The molecule has 0 radical (unpaired) electrons. The first kappa shape index (κ1) is 25.0. The Morgan fingerprint density at radius 1 is 0.824 bits per heavy atom. The summed E-state index contributed by atoms with van der Waals surface area (Å²) in [6, 6.07) is 15.0. The molecule has 0 saturated carbocycles. The lowest BCUT2D eigenvalue weighted by molar-refractivity contribution is -0.0840. The van der Waals surface area contributed by atoms with Crippen molar-refractivity contribution in [3.63, 3.8) is 0 Å². The Bertz CT molecular complexity index is 885. The molecule has 5 nitrogen and oxygen atoms in total. The SMILES string of the molecule is COC1(COc2ccc(C)cc2C)CCN(Cc2ccc(OCCN3CCCCC3)cc2)CC1. The summed E-state index contributed by atoms with van der Waals surface area (Å²) >= 11 is 0. The van der Waals surface area contributed by atoms with Crippen LogP contribution in [0.15, 0.2) is 42.5 Å². The third-order valence-electron chi connectivity index (χ3n) is 7.48. The molecule has 2 aromatic carbocycles. The summed E-state index contributed by atoms with van der Waals surface area (Å²) in [6.07, 6.45) is 5.99. The molecule has 2 aliphatic rings. The Labute approximate surface area is 206 Å². The van der Waals surface area contributed by atoms with Crippen molar-refractivity contribution >= 4 is 0 Å². The zero-order valence-corrected chi connectivity index (χ0v) is 21.4. The highest BCUT2D eigenvalue weighted by molar-refractivity contribution is 5.35. The molecular weight excluding hydrogens is 424 g/mol. The van der Waals surface area contributed by atoms with E-state index in [0.717, 1.165) is 57.1 Å². The Morgan fingerprint density at radius 3 is 2.24 bits per heavy atom. The van der Waals surface area contributed by atoms with Crippen LogP contribution in [0.3, 0.4) is 0 Å². The quantitative estimate of drug-likeness (QED) is 0.479. The van der Waals surface area contributed by atoms with Crippen molar-refractivity contribution in [3.8, 4) is 11.5 Å². The Morgan fingerprint density at radius 2 is 1.56 bits per heavy atom. The first-order chi connectivity index (χ1) is 16.5. The van der Waals surface area contributed by atoms with Crippen LogP contribution in [0.5, 0.6) is 11.5 Å². The van der Waals surface area contributed by atoms with E-state index in [9.17, 15) is 0 Å². The molecule has 2 aliphatic heterocycles. The van der Waals surface area contributed by atoms with E-state index in [4.69, 9.17) is 14.2 Å². The average Bonchev–Trinajstić information content (AvgIpc) is 2.86. The van der Waals surface area contributed by atoms with Gasteiger partial charge in [-0.3, -0.25) is 9.80 Å². The van der Waals surface area contributed by atoms with Crippen molar-refractivity contribution in [2.75, 3.05) is 53.0 Å². The van der Waals surface area contributed by atoms with E-state index in [-0.39, 0.29) is 5.60 Å². The average molecular weight is 467 g/mol. The molecule has 0 N–H and O–H groups in total. The molecular formula is C29H42N2O3. The lowest BCUT2D eigenvalue weighted by Crippen LogP contribution is -2.48. The number of piperidine rings is 2. The first-order valence-corrected chi connectivity index (χ1v) is 13.0. The lowest BCUT2D eigenvalue weighted by atomic mass is 9.91. The highest BCUT2D eigenvalue weighted by atomic mass is 16.5. The number of hydrogen-bond acceptors (Lipinski definition) is 5. The third kappa shape index (κ3) is 6.97. The third-order valence-corrected chi connectivity index (χ3v) is 7.48. The van der Waals surface area contributed by atoms with Gasteiger partial charge in [-0.25, -0.2) is 0 Å². The summed E-state index contributed by atoms with van der Waals surface area (Å²) in [5, 5.41) is 0. The summed E-state index contributed by atoms with van der Waals surface area (Å²) in [4.78, 5) is 5.03. The Kier molecular flexibility index (Phi) is 8.87. The molecule has 5 heteroatoms. The summed E-state index contributed by atoms with van der Waals surface area (Å²) in [7, 11) is 1.82. The number of hydrogen-bond donors (Lipinski definition) is 0. The van der Waals surface area contributed by atoms with Crippen LogP contribution in [0.2, 0.25) is 0 Å². The standard InChI is InChI=1S/C29H42N2O3/c1-24-7-12-28(25(2)21-24)34-23-29(32-3)13-17-31(18-14-29)22-26-8-10-27(11-9-26)33-20-19-30-15-5-4-6-16-30/h7-12,21H,4-6,13-20,22-23H2,1-3H3. The number of likely N-dealkylation sites (tertiary alicyclic amines) is 2. The molecule has 34 heavy (non-hydrogen) atoms. The zero-order chi connectivity index (χ0) is 23.8. The summed E-state index contributed by atoms with van der Waals surface area (Å²) in [5.41, 5.74) is 3.57. The second-order valence-corrected chi connectivity index (χ2v) is 10.1. The highest BCUT2D eigenvalue weighted by Crippen LogP contribution is 2.29. The van der Waals surface area contributed by atoms with Gasteiger partial charge in [0, 0.05) is 33.3 Å².